The second kappa shape index (κ2) is 19.5. The van der Waals surface area contributed by atoms with Crippen LogP contribution in [0.1, 0.15) is 44.1 Å². The van der Waals surface area contributed by atoms with Gasteiger partial charge in [0, 0.05) is 6.54 Å². The van der Waals surface area contributed by atoms with E-state index < -0.39 is 47.9 Å². The lowest BCUT2D eigenvalue weighted by molar-refractivity contribution is -0.142. The number of phenolic OH excluding ortho intramolecular Hbond substituents is 1. The monoisotopic (exact) mass is 596 g/mol. The normalized spacial score (nSPS) is 13.7. The van der Waals surface area contributed by atoms with Crippen LogP contribution in [0.3, 0.4) is 0 Å². The van der Waals surface area contributed by atoms with E-state index in [0.717, 1.165) is 5.56 Å². The Labute approximate surface area is 244 Å². The predicted molar refractivity (Wildman–Crippen MR) is 159 cm³/mol. The number of carboxylic acid groups (broad SMARTS) is 1. The number of carbonyl (C=O) groups is 4. The number of benzene rings is 1. The molecule has 3 amide bonds. The molecule has 0 fully saturated rings. The topological polar surface area (TPSA) is 261 Å². The van der Waals surface area contributed by atoms with Crippen LogP contribution in [0.2, 0.25) is 0 Å². The first-order chi connectivity index (χ1) is 19.5. The molecule has 0 radical (unpaired) electrons. The molecule has 0 saturated carbocycles. The summed E-state index contributed by atoms with van der Waals surface area (Å²) < 4.78 is 0. The van der Waals surface area contributed by atoms with Crippen LogP contribution in [0.25, 0.3) is 0 Å². The average molecular weight is 597 g/mol. The number of carbonyl (C=O) groups excluding carboxylic acids is 3. The molecule has 15 heteroatoms. The van der Waals surface area contributed by atoms with Crippen molar-refractivity contribution in [2.24, 2.45) is 27.9 Å². The van der Waals surface area contributed by atoms with E-state index in [1.807, 2.05) is 6.26 Å². The number of hydrogen-bond acceptors (Lipinski definition) is 9. The summed E-state index contributed by atoms with van der Waals surface area (Å²) in [7, 11) is 0. The fourth-order valence-corrected chi connectivity index (χ4v) is 4.30. The van der Waals surface area contributed by atoms with Gasteiger partial charge in [-0.2, -0.15) is 11.8 Å². The number of aliphatic imine (C=N–C) groups is 1. The van der Waals surface area contributed by atoms with E-state index in [0.29, 0.717) is 31.6 Å². The number of thioether (sulfide) groups is 1. The van der Waals surface area contributed by atoms with Crippen molar-refractivity contribution < 1.29 is 29.4 Å². The zero-order valence-corrected chi connectivity index (χ0v) is 24.2. The number of nitrogens with one attached hydrogen (secondary N) is 3. The zero-order chi connectivity index (χ0) is 30.8. The maximum Gasteiger partial charge on any atom is 0.326 e. The van der Waals surface area contributed by atoms with Crippen LogP contribution in [-0.4, -0.2) is 89.1 Å². The molecule has 0 heterocycles. The quantitative estimate of drug-likeness (QED) is 0.0487. The van der Waals surface area contributed by atoms with Crippen LogP contribution in [-0.2, 0) is 25.6 Å². The Balaban J connectivity index is 2.94. The molecule has 0 aromatic heterocycles. The van der Waals surface area contributed by atoms with Gasteiger partial charge in [-0.3, -0.25) is 19.4 Å². The van der Waals surface area contributed by atoms with Crippen molar-refractivity contribution in [1.29, 1.82) is 0 Å². The number of carboxylic acids is 1. The summed E-state index contributed by atoms with van der Waals surface area (Å²) in [6.07, 6.45) is 4.04. The van der Waals surface area contributed by atoms with Crippen molar-refractivity contribution in [3.05, 3.63) is 29.8 Å². The first-order valence-electron chi connectivity index (χ1n) is 13.4. The number of rotatable bonds is 20. The summed E-state index contributed by atoms with van der Waals surface area (Å²) in [4.78, 5) is 54.8. The molecule has 0 saturated heterocycles. The van der Waals surface area contributed by atoms with E-state index in [9.17, 15) is 29.4 Å². The summed E-state index contributed by atoms with van der Waals surface area (Å²) in [6, 6.07) is 2.09. The Morgan fingerprint density at radius 2 is 1.44 bits per heavy atom. The third-order valence-electron chi connectivity index (χ3n) is 6.11. The average Bonchev–Trinajstić information content (AvgIpc) is 2.92. The Kier molecular flexibility index (Phi) is 16.9. The second-order valence-electron chi connectivity index (χ2n) is 9.51. The van der Waals surface area contributed by atoms with Crippen molar-refractivity contribution >= 4 is 41.4 Å². The molecule has 4 unspecified atom stereocenters. The summed E-state index contributed by atoms with van der Waals surface area (Å²) in [5, 5.41) is 26.9. The highest BCUT2D eigenvalue weighted by Crippen LogP contribution is 2.12. The van der Waals surface area contributed by atoms with Gasteiger partial charge in [-0.05, 0) is 81.2 Å². The number of guanidine groups is 1. The number of phenols is 1. The van der Waals surface area contributed by atoms with Crippen LogP contribution in [0.15, 0.2) is 29.3 Å². The van der Waals surface area contributed by atoms with Crippen molar-refractivity contribution in [3.63, 3.8) is 0 Å². The molecule has 230 valence electrons. The summed E-state index contributed by atoms with van der Waals surface area (Å²) in [6.45, 7) is 0.584. The van der Waals surface area contributed by atoms with Gasteiger partial charge in [-0.1, -0.05) is 12.1 Å². The highest BCUT2D eigenvalue weighted by atomic mass is 32.2. The number of nitrogens with two attached hydrogens (primary N) is 4. The summed E-state index contributed by atoms with van der Waals surface area (Å²) in [5.41, 5.74) is 23.0. The Hall–Kier alpha value is -3.56. The number of nitrogens with zero attached hydrogens (tertiary/aromatic N) is 1. The van der Waals surface area contributed by atoms with Crippen LogP contribution < -0.4 is 38.9 Å². The minimum absolute atomic E-state index is 0.0760. The second-order valence-corrected chi connectivity index (χ2v) is 10.5. The van der Waals surface area contributed by atoms with Crippen LogP contribution in [0.5, 0.6) is 5.75 Å². The van der Waals surface area contributed by atoms with Gasteiger partial charge >= 0.3 is 5.97 Å². The largest absolute Gasteiger partial charge is 0.508 e. The van der Waals surface area contributed by atoms with Crippen LogP contribution in [0.4, 0.5) is 0 Å². The first-order valence-corrected chi connectivity index (χ1v) is 14.8. The van der Waals surface area contributed by atoms with Gasteiger partial charge in [0.15, 0.2) is 5.96 Å². The van der Waals surface area contributed by atoms with Crippen molar-refractivity contribution in [2.75, 3.05) is 25.1 Å². The number of hydrogen-bond donors (Lipinski definition) is 9. The highest BCUT2D eigenvalue weighted by Gasteiger charge is 2.30. The van der Waals surface area contributed by atoms with E-state index in [4.69, 9.17) is 22.9 Å². The molecule has 14 nitrogen and oxygen atoms in total. The number of aliphatic carboxylic acids is 1. The van der Waals surface area contributed by atoms with E-state index >= 15 is 0 Å². The molecule has 41 heavy (non-hydrogen) atoms. The van der Waals surface area contributed by atoms with Gasteiger partial charge < -0.3 is 49.1 Å². The first kappa shape index (κ1) is 35.5. The van der Waals surface area contributed by atoms with E-state index in [-0.39, 0.29) is 43.9 Å². The van der Waals surface area contributed by atoms with Crippen molar-refractivity contribution in [1.82, 2.24) is 16.0 Å². The lowest BCUT2D eigenvalue weighted by Gasteiger charge is -2.25. The van der Waals surface area contributed by atoms with Crippen LogP contribution in [0, 0.1) is 0 Å². The molecule has 4 atom stereocenters. The molecule has 0 spiro atoms. The van der Waals surface area contributed by atoms with Crippen molar-refractivity contribution in [2.45, 2.75) is 69.1 Å². The lowest BCUT2D eigenvalue weighted by atomic mass is 10.0. The number of amides is 3. The summed E-state index contributed by atoms with van der Waals surface area (Å²) in [5.74, 6) is -2.51. The Morgan fingerprint density at radius 1 is 0.878 bits per heavy atom. The fourth-order valence-electron chi connectivity index (χ4n) is 3.83. The smallest absolute Gasteiger partial charge is 0.326 e. The van der Waals surface area contributed by atoms with Gasteiger partial charge in [0.05, 0.1) is 6.04 Å². The molecular weight excluding hydrogens is 552 g/mol. The number of aromatic hydroxyl groups is 1. The molecule has 0 aliphatic carbocycles. The van der Waals surface area contributed by atoms with Gasteiger partial charge in [-0.25, -0.2) is 4.79 Å². The van der Waals surface area contributed by atoms with Gasteiger partial charge in [0.2, 0.25) is 17.7 Å². The van der Waals surface area contributed by atoms with Crippen molar-refractivity contribution in [3.8, 4) is 5.75 Å². The van der Waals surface area contributed by atoms with Crippen LogP contribution >= 0.6 is 11.8 Å². The summed E-state index contributed by atoms with van der Waals surface area (Å²) >= 11 is 1.48. The molecule has 13 N–H and O–H groups in total. The minimum Gasteiger partial charge on any atom is -0.508 e. The predicted octanol–water partition coefficient (Wildman–Crippen LogP) is -1.26. The minimum atomic E-state index is -1.23. The third kappa shape index (κ3) is 14.6. The molecule has 1 aromatic rings. The number of unbranched alkanes of at least 4 members (excludes halogenated alkanes) is 1. The molecule has 0 aliphatic rings. The third-order valence-corrected chi connectivity index (χ3v) is 6.76. The SMILES string of the molecule is CSCCC(NC(=O)C(N)Cc1ccc(O)cc1)C(=O)NC(CCCCN)C(=O)NC(CCCN=C(N)N)C(=O)O. The molecule has 1 rings (SSSR count). The maximum atomic E-state index is 13.3. The Bertz CT molecular complexity index is 1010. The lowest BCUT2D eigenvalue weighted by Crippen LogP contribution is -2.57. The van der Waals surface area contributed by atoms with Gasteiger partial charge in [-0.15, -0.1) is 0 Å². The van der Waals surface area contributed by atoms with E-state index in [2.05, 4.69) is 20.9 Å². The van der Waals surface area contributed by atoms with Gasteiger partial charge in [0.1, 0.15) is 23.9 Å². The van der Waals surface area contributed by atoms with Gasteiger partial charge in [0.25, 0.3) is 0 Å². The maximum absolute atomic E-state index is 13.3. The zero-order valence-electron chi connectivity index (χ0n) is 23.4. The molecule has 1 aromatic carbocycles. The molecule has 0 aliphatic heterocycles. The fraction of sp³-hybridized carbons (Fsp3) is 0.577. The molecular formula is C26H44N8O6S. The molecule has 0 bridgehead atoms. The Morgan fingerprint density at radius 3 is 2.00 bits per heavy atom. The van der Waals surface area contributed by atoms with E-state index in [1.165, 1.54) is 23.9 Å². The standard InChI is InChI=1S/C26H44N8O6S/c1-41-14-11-20(32-22(36)18(28)15-16-7-9-17(35)10-8-16)24(38)33-19(5-2-3-12-27)23(37)34-21(25(39)40)6-4-13-31-26(29)30/h7-10,18-21,35H,2-6,11-15,27-28H2,1H3,(H,32,36)(H,33,38)(H,34,37)(H,39,40)(H4,29,30,31). The van der Waals surface area contributed by atoms with E-state index in [1.54, 1.807) is 12.1 Å². The highest BCUT2D eigenvalue weighted by molar-refractivity contribution is 7.98.